The Labute approximate surface area is 182 Å². The number of hydrogen-bond donors (Lipinski definition) is 0. The lowest BCUT2D eigenvalue weighted by molar-refractivity contribution is -0.385. The van der Waals surface area contributed by atoms with Crippen molar-refractivity contribution in [3.63, 3.8) is 0 Å². The van der Waals surface area contributed by atoms with Crippen molar-refractivity contribution >= 4 is 23.0 Å². The van der Waals surface area contributed by atoms with E-state index in [9.17, 15) is 25.0 Å². The Bertz CT molecular complexity index is 1270. The Kier molecular flexibility index (Phi) is 5.46. The lowest BCUT2D eigenvalue weighted by Crippen LogP contribution is -2.28. The molecule has 1 aliphatic rings. The molecule has 4 rings (SSSR count). The van der Waals surface area contributed by atoms with Crippen LogP contribution in [-0.2, 0) is 0 Å². The smallest absolute Gasteiger partial charge is 0.267 e. The molecule has 1 unspecified atom stereocenters. The van der Waals surface area contributed by atoms with Crippen LogP contribution in [0.2, 0.25) is 0 Å². The highest BCUT2D eigenvalue weighted by molar-refractivity contribution is 6.06. The highest BCUT2D eigenvalue weighted by Gasteiger charge is 2.38. The minimum atomic E-state index is -0.778. The zero-order valence-electron chi connectivity index (χ0n) is 17.0. The van der Waals surface area contributed by atoms with E-state index >= 15 is 0 Å². The molecule has 1 aliphatic heterocycles. The number of hydrogen-bond acceptors (Lipinski definition) is 6. The van der Waals surface area contributed by atoms with E-state index in [1.807, 2.05) is 31.2 Å². The molecule has 1 atom stereocenters. The second-order valence-corrected chi connectivity index (χ2v) is 7.38. The molecule has 3 aromatic rings. The van der Waals surface area contributed by atoms with Gasteiger partial charge in [0.25, 0.3) is 17.3 Å². The van der Waals surface area contributed by atoms with Gasteiger partial charge in [0.1, 0.15) is 5.56 Å². The average Bonchev–Trinajstić information content (AvgIpc) is 3.24. The summed E-state index contributed by atoms with van der Waals surface area (Å²) in [6.07, 6.45) is 0.237. The van der Waals surface area contributed by atoms with E-state index in [1.165, 1.54) is 30.3 Å². The summed E-state index contributed by atoms with van der Waals surface area (Å²) in [7, 11) is 0. The van der Waals surface area contributed by atoms with E-state index < -0.39 is 21.8 Å². The van der Waals surface area contributed by atoms with Gasteiger partial charge in [0.05, 0.1) is 27.2 Å². The quantitative estimate of drug-likeness (QED) is 0.425. The Morgan fingerprint density at radius 3 is 2.28 bits per heavy atom. The van der Waals surface area contributed by atoms with E-state index in [-0.39, 0.29) is 23.4 Å². The first-order valence-electron chi connectivity index (χ1n) is 9.81. The normalized spacial score (nSPS) is 15.3. The van der Waals surface area contributed by atoms with E-state index in [2.05, 4.69) is 5.10 Å². The van der Waals surface area contributed by atoms with Crippen LogP contribution < -0.4 is 0 Å². The van der Waals surface area contributed by atoms with Crippen LogP contribution in [0.15, 0.2) is 77.9 Å². The van der Waals surface area contributed by atoms with Crippen molar-refractivity contribution in [3.05, 3.63) is 115 Å². The minimum Gasteiger partial charge on any atom is -0.267 e. The van der Waals surface area contributed by atoms with Crippen molar-refractivity contribution in [2.45, 2.75) is 19.4 Å². The molecule has 160 valence electrons. The summed E-state index contributed by atoms with van der Waals surface area (Å²) in [6.45, 7) is 1.93. The first-order valence-corrected chi connectivity index (χ1v) is 9.81. The van der Waals surface area contributed by atoms with Gasteiger partial charge in [0.2, 0.25) is 0 Å². The van der Waals surface area contributed by atoms with Crippen LogP contribution >= 0.6 is 0 Å². The first-order chi connectivity index (χ1) is 15.4. The molecule has 9 heteroatoms. The van der Waals surface area contributed by atoms with Crippen molar-refractivity contribution < 1.29 is 14.6 Å². The summed E-state index contributed by atoms with van der Waals surface area (Å²) in [5.74, 6) is -0.692. The number of nitro benzene ring substituents is 2. The van der Waals surface area contributed by atoms with Crippen LogP contribution in [0, 0.1) is 27.2 Å². The number of amides is 1. The zero-order valence-corrected chi connectivity index (χ0v) is 17.0. The van der Waals surface area contributed by atoms with Gasteiger partial charge in [-0.3, -0.25) is 25.0 Å². The number of benzene rings is 3. The van der Waals surface area contributed by atoms with E-state index in [1.54, 1.807) is 18.2 Å². The predicted octanol–water partition coefficient (Wildman–Crippen LogP) is 4.80. The van der Waals surface area contributed by atoms with Gasteiger partial charge in [0, 0.05) is 18.6 Å². The summed E-state index contributed by atoms with van der Waals surface area (Å²) < 4.78 is 0. The summed E-state index contributed by atoms with van der Waals surface area (Å²) in [5, 5.41) is 28.7. The van der Waals surface area contributed by atoms with Gasteiger partial charge >= 0.3 is 0 Å². The fourth-order valence-corrected chi connectivity index (χ4v) is 3.81. The molecule has 1 amide bonds. The van der Waals surface area contributed by atoms with Crippen molar-refractivity contribution in [1.29, 1.82) is 0 Å². The van der Waals surface area contributed by atoms with Crippen LogP contribution in [0.3, 0.4) is 0 Å². The maximum atomic E-state index is 13.4. The zero-order chi connectivity index (χ0) is 22.8. The molecule has 0 aliphatic carbocycles. The Balaban J connectivity index is 1.84. The number of nitrogens with zero attached hydrogens (tertiary/aromatic N) is 4. The Hall–Kier alpha value is -4.40. The minimum absolute atomic E-state index is 0.129. The maximum absolute atomic E-state index is 13.4. The molecule has 9 nitrogen and oxygen atoms in total. The average molecular weight is 430 g/mol. The molecule has 0 radical (unpaired) electrons. The summed E-state index contributed by atoms with van der Waals surface area (Å²) in [6, 6.07) is 18.5. The van der Waals surface area contributed by atoms with Crippen molar-refractivity contribution in [1.82, 2.24) is 5.01 Å². The monoisotopic (exact) mass is 430 g/mol. The number of carbonyl (C=O) groups is 1. The number of nitro groups is 2. The number of para-hydroxylation sites is 2. The molecular formula is C23H18N4O5. The van der Waals surface area contributed by atoms with Crippen LogP contribution in [0.4, 0.5) is 11.4 Å². The third-order valence-corrected chi connectivity index (χ3v) is 5.29. The predicted molar refractivity (Wildman–Crippen MR) is 117 cm³/mol. The van der Waals surface area contributed by atoms with Crippen LogP contribution in [-0.4, -0.2) is 26.5 Å². The van der Waals surface area contributed by atoms with Crippen molar-refractivity contribution in [2.75, 3.05) is 0 Å². The number of rotatable bonds is 5. The second kappa shape index (κ2) is 8.38. The molecule has 0 N–H and O–H groups in total. The molecule has 0 saturated heterocycles. The lowest BCUT2D eigenvalue weighted by Gasteiger charge is -2.21. The molecule has 1 heterocycles. The van der Waals surface area contributed by atoms with Crippen molar-refractivity contribution in [2.24, 2.45) is 5.10 Å². The summed E-state index contributed by atoms with van der Waals surface area (Å²) in [5.41, 5.74) is 2.05. The highest BCUT2D eigenvalue weighted by atomic mass is 16.6. The van der Waals surface area contributed by atoms with Crippen LogP contribution in [0.25, 0.3) is 0 Å². The third kappa shape index (κ3) is 3.83. The van der Waals surface area contributed by atoms with Gasteiger partial charge in [-0.25, -0.2) is 5.01 Å². The highest BCUT2D eigenvalue weighted by Crippen LogP contribution is 2.38. The Morgan fingerprint density at radius 2 is 1.59 bits per heavy atom. The van der Waals surface area contributed by atoms with Crippen molar-refractivity contribution in [3.8, 4) is 0 Å². The van der Waals surface area contributed by atoms with Crippen LogP contribution in [0.5, 0.6) is 0 Å². The number of carbonyl (C=O) groups excluding carboxylic acids is 1. The van der Waals surface area contributed by atoms with Crippen LogP contribution in [0.1, 0.15) is 39.5 Å². The second-order valence-electron chi connectivity index (χ2n) is 7.38. The number of aryl methyl sites for hydroxylation is 1. The fourth-order valence-electron chi connectivity index (χ4n) is 3.81. The first kappa shape index (κ1) is 20.9. The summed E-state index contributed by atoms with van der Waals surface area (Å²) >= 11 is 0. The van der Waals surface area contributed by atoms with Gasteiger partial charge in [-0.15, -0.1) is 0 Å². The van der Waals surface area contributed by atoms with Gasteiger partial charge in [-0.2, -0.15) is 5.10 Å². The maximum Gasteiger partial charge on any atom is 0.282 e. The molecule has 3 aromatic carbocycles. The topological polar surface area (TPSA) is 119 Å². The van der Waals surface area contributed by atoms with Gasteiger partial charge < -0.3 is 0 Å². The lowest BCUT2D eigenvalue weighted by atomic mass is 9.96. The van der Waals surface area contributed by atoms with Gasteiger partial charge in [-0.1, -0.05) is 54.1 Å². The molecule has 0 spiro atoms. The molecule has 0 bridgehead atoms. The third-order valence-electron chi connectivity index (χ3n) is 5.29. The standard InChI is InChI=1S/C23H18N4O5/c1-15-7-6-8-16(13-15)19-14-22(17-9-2-4-11-20(17)26(29)30)25(24-19)23(28)18-10-3-5-12-21(18)27(31)32/h2-13,22H,14H2,1H3. The molecule has 32 heavy (non-hydrogen) atoms. The molecular weight excluding hydrogens is 412 g/mol. The SMILES string of the molecule is Cc1cccc(C2=NN(C(=O)c3ccccc3[N+](=O)[O-])C(c3ccccc3[N+](=O)[O-])C2)c1. The van der Waals surface area contributed by atoms with E-state index in [0.29, 0.717) is 11.3 Å². The largest absolute Gasteiger partial charge is 0.282 e. The molecule has 0 saturated carbocycles. The van der Waals surface area contributed by atoms with E-state index in [4.69, 9.17) is 0 Å². The van der Waals surface area contributed by atoms with Gasteiger partial charge in [0.15, 0.2) is 0 Å². The fraction of sp³-hybridized carbons (Fsp3) is 0.130. The number of hydrazone groups is 1. The molecule has 0 fully saturated rings. The molecule has 0 aromatic heterocycles. The van der Waals surface area contributed by atoms with E-state index in [0.717, 1.165) is 16.1 Å². The Morgan fingerprint density at radius 1 is 0.938 bits per heavy atom. The van der Waals surface area contributed by atoms with Gasteiger partial charge in [-0.05, 0) is 24.6 Å². The summed E-state index contributed by atoms with van der Waals surface area (Å²) in [4.78, 5) is 35.4.